The van der Waals surface area contributed by atoms with Gasteiger partial charge < -0.3 is 9.84 Å². The van der Waals surface area contributed by atoms with Gasteiger partial charge in [0, 0.05) is 4.83 Å². The molecule has 0 heterocycles. The summed E-state index contributed by atoms with van der Waals surface area (Å²) in [5.74, 6) is 0.832. The number of phenolic OH excluding ortho intramolecular Hbond substituents is 1. The minimum absolute atomic E-state index is 0.264. The Labute approximate surface area is 93.0 Å². The van der Waals surface area contributed by atoms with E-state index >= 15 is 0 Å². The van der Waals surface area contributed by atoms with Gasteiger partial charge in [0.25, 0.3) is 0 Å². The second kappa shape index (κ2) is 5.25. The van der Waals surface area contributed by atoms with Gasteiger partial charge in [0.1, 0.15) is 0 Å². The van der Waals surface area contributed by atoms with Crippen LogP contribution in [0.15, 0.2) is 18.2 Å². The lowest BCUT2D eigenvalue weighted by atomic mass is 10.1. The van der Waals surface area contributed by atoms with Crippen molar-refractivity contribution < 1.29 is 9.84 Å². The quantitative estimate of drug-likeness (QED) is 0.842. The minimum atomic E-state index is 0.264. The number of aromatic hydroxyl groups is 1. The van der Waals surface area contributed by atoms with Crippen molar-refractivity contribution in [3.8, 4) is 11.5 Å². The molecule has 0 aromatic heterocycles. The van der Waals surface area contributed by atoms with Crippen molar-refractivity contribution >= 4 is 15.9 Å². The highest BCUT2D eigenvalue weighted by Crippen LogP contribution is 2.31. The molecule has 1 atom stereocenters. The summed E-state index contributed by atoms with van der Waals surface area (Å²) >= 11 is 3.46. The van der Waals surface area contributed by atoms with E-state index < -0.39 is 0 Å². The van der Waals surface area contributed by atoms with Crippen molar-refractivity contribution in [2.24, 2.45) is 0 Å². The zero-order valence-corrected chi connectivity index (χ0v) is 10.0. The van der Waals surface area contributed by atoms with Gasteiger partial charge in [0.2, 0.25) is 0 Å². The minimum Gasteiger partial charge on any atom is -0.504 e. The third-order valence-corrected chi connectivity index (χ3v) is 2.21. The maximum atomic E-state index is 9.82. The number of rotatable bonds is 4. The molecule has 3 heteroatoms. The fourth-order valence-corrected chi connectivity index (χ4v) is 1.66. The van der Waals surface area contributed by atoms with Crippen LogP contribution in [0.2, 0.25) is 0 Å². The number of hydrogen-bond acceptors (Lipinski definition) is 2. The van der Waals surface area contributed by atoms with E-state index in [1.807, 2.05) is 26.0 Å². The van der Waals surface area contributed by atoms with Crippen molar-refractivity contribution in [2.75, 3.05) is 6.61 Å². The predicted molar refractivity (Wildman–Crippen MR) is 61.4 cm³/mol. The summed E-state index contributed by atoms with van der Waals surface area (Å²) in [6.07, 6.45) is 0.798. The van der Waals surface area contributed by atoms with Crippen LogP contribution in [0.3, 0.4) is 0 Å². The molecule has 0 aliphatic carbocycles. The normalized spacial score (nSPS) is 12.5. The molecule has 0 amide bonds. The summed E-state index contributed by atoms with van der Waals surface area (Å²) in [6, 6.07) is 5.59. The molecule has 2 nitrogen and oxygen atoms in total. The number of benzene rings is 1. The van der Waals surface area contributed by atoms with Gasteiger partial charge in [-0.2, -0.15) is 0 Å². The Hall–Kier alpha value is -0.700. The second-order valence-electron chi connectivity index (χ2n) is 3.18. The molecule has 0 radical (unpaired) electrons. The number of hydrogen-bond donors (Lipinski definition) is 1. The first kappa shape index (κ1) is 11.4. The largest absolute Gasteiger partial charge is 0.504 e. The summed E-state index contributed by atoms with van der Waals surface area (Å²) in [4.78, 5) is 0.352. The number of alkyl halides is 1. The first-order valence-electron chi connectivity index (χ1n) is 4.72. The lowest BCUT2D eigenvalue weighted by Gasteiger charge is -2.10. The zero-order chi connectivity index (χ0) is 10.6. The van der Waals surface area contributed by atoms with E-state index in [1.165, 1.54) is 0 Å². The molecule has 14 heavy (non-hydrogen) atoms. The highest BCUT2D eigenvalue weighted by molar-refractivity contribution is 9.09. The predicted octanol–water partition coefficient (Wildman–Crippen LogP) is 3.12. The van der Waals surface area contributed by atoms with Crippen LogP contribution in [0.25, 0.3) is 0 Å². The molecule has 0 spiro atoms. The first-order valence-corrected chi connectivity index (χ1v) is 5.64. The fourth-order valence-electron chi connectivity index (χ4n) is 1.31. The Kier molecular flexibility index (Phi) is 4.26. The van der Waals surface area contributed by atoms with Gasteiger partial charge in [0.15, 0.2) is 11.5 Å². The molecule has 1 unspecified atom stereocenters. The number of halogens is 1. The molecule has 0 aliphatic heterocycles. The van der Waals surface area contributed by atoms with Crippen molar-refractivity contribution in [1.82, 2.24) is 0 Å². The smallest absolute Gasteiger partial charge is 0.161 e. The summed E-state index contributed by atoms with van der Waals surface area (Å²) in [5.41, 5.74) is 0.917. The van der Waals surface area contributed by atoms with Crippen LogP contribution in [0, 0.1) is 0 Å². The fraction of sp³-hybridized carbons (Fsp3) is 0.455. The lowest BCUT2D eigenvalue weighted by molar-refractivity contribution is 0.316. The molecule has 0 fully saturated rings. The zero-order valence-electron chi connectivity index (χ0n) is 8.46. The Bertz CT molecular complexity index is 297. The molecule has 78 valence electrons. The Morgan fingerprint density at radius 3 is 2.79 bits per heavy atom. The topological polar surface area (TPSA) is 29.5 Å². The van der Waals surface area contributed by atoms with E-state index in [0.717, 1.165) is 12.0 Å². The average Bonchev–Trinajstić information content (AvgIpc) is 2.11. The molecular weight excluding hydrogens is 244 g/mol. The van der Waals surface area contributed by atoms with Crippen LogP contribution >= 0.6 is 15.9 Å². The van der Waals surface area contributed by atoms with Gasteiger partial charge in [-0.05, 0) is 25.0 Å². The lowest BCUT2D eigenvalue weighted by Crippen LogP contribution is -1.99. The molecule has 0 bridgehead atoms. The molecular formula is C11H15BrO2. The van der Waals surface area contributed by atoms with E-state index in [4.69, 9.17) is 4.74 Å². The van der Waals surface area contributed by atoms with E-state index in [1.54, 1.807) is 6.07 Å². The molecule has 1 aromatic rings. The number of ether oxygens (including phenoxy) is 1. The third kappa shape index (κ3) is 2.91. The van der Waals surface area contributed by atoms with Crippen LogP contribution in [-0.2, 0) is 6.42 Å². The summed E-state index contributed by atoms with van der Waals surface area (Å²) in [6.45, 7) is 4.52. The molecule has 0 aliphatic rings. The number of phenols is 1. The maximum Gasteiger partial charge on any atom is 0.161 e. The third-order valence-electron chi connectivity index (χ3n) is 1.88. The molecule has 1 aromatic carbocycles. The van der Waals surface area contributed by atoms with Crippen molar-refractivity contribution in [1.29, 1.82) is 0 Å². The van der Waals surface area contributed by atoms with E-state index in [9.17, 15) is 5.11 Å². The monoisotopic (exact) mass is 258 g/mol. The Balaban J connectivity index is 2.89. The van der Waals surface area contributed by atoms with E-state index in [-0.39, 0.29) is 5.75 Å². The Morgan fingerprint density at radius 1 is 1.50 bits per heavy atom. The van der Waals surface area contributed by atoms with Gasteiger partial charge in [-0.15, -0.1) is 0 Å². The SMILES string of the molecule is CCOc1cccc(CC(C)Br)c1O. The van der Waals surface area contributed by atoms with Crippen LogP contribution in [0.1, 0.15) is 19.4 Å². The van der Waals surface area contributed by atoms with Crippen LogP contribution in [-0.4, -0.2) is 16.5 Å². The van der Waals surface area contributed by atoms with Crippen molar-refractivity contribution in [3.05, 3.63) is 23.8 Å². The Morgan fingerprint density at radius 2 is 2.21 bits per heavy atom. The molecule has 0 saturated carbocycles. The van der Waals surface area contributed by atoms with Gasteiger partial charge in [-0.1, -0.05) is 35.0 Å². The van der Waals surface area contributed by atoms with Crippen LogP contribution in [0.5, 0.6) is 11.5 Å². The van der Waals surface area contributed by atoms with Crippen LogP contribution < -0.4 is 4.74 Å². The van der Waals surface area contributed by atoms with E-state index in [0.29, 0.717) is 17.2 Å². The van der Waals surface area contributed by atoms with Gasteiger partial charge >= 0.3 is 0 Å². The number of para-hydroxylation sites is 1. The standard InChI is InChI=1S/C11H15BrO2/c1-3-14-10-6-4-5-9(11(10)13)7-8(2)12/h4-6,8,13H,3,7H2,1-2H3. The molecule has 1 N–H and O–H groups in total. The van der Waals surface area contributed by atoms with E-state index in [2.05, 4.69) is 15.9 Å². The van der Waals surface area contributed by atoms with Crippen molar-refractivity contribution in [2.45, 2.75) is 25.1 Å². The second-order valence-corrected chi connectivity index (χ2v) is 4.74. The van der Waals surface area contributed by atoms with Crippen molar-refractivity contribution in [3.63, 3.8) is 0 Å². The van der Waals surface area contributed by atoms with Gasteiger partial charge in [-0.3, -0.25) is 0 Å². The highest BCUT2D eigenvalue weighted by Gasteiger charge is 2.09. The summed E-state index contributed by atoms with van der Waals surface area (Å²) in [7, 11) is 0. The highest BCUT2D eigenvalue weighted by atomic mass is 79.9. The molecule has 1 rings (SSSR count). The molecule has 0 saturated heterocycles. The summed E-state index contributed by atoms with van der Waals surface area (Å²) in [5, 5.41) is 9.82. The maximum absolute atomic E-state index is 9.82. The summed E-state index contributed by atoms with van der Waals surface area (Å²) < 4.78 is 5.29. The average molecular weight is 259 g/mol. The van der Waals surface area contributed by atoms with Gasteiger partial charge in [0.05, 0.1) is 6.61 Å². The van der Waals surface area contributed by atoms with Crippen LogP contribution in [0.4, 0.5) is 0 Å². The van der Waals surface area contributed by atoms with Gasteiger partial charge in [-0.25, -0.2) is 0 Å². The first-order chi connectivity index (χ1) is 6.65.